The summed E-state index contributed by atoms with van der Waals surface area (Å²) in [5.74, 6) is 0. The van der Waals surface area contributed by atoms with Crippen LogP contribution < -0.4 is 5.32 Å². The first-order chi connectivity index (χ1) is 8.51. The Morgan fingerprint density at radius 2 is 1.89 bits per heavy atom. The summed E-state index contributed by atoms with van der Waals surface area (Å²) in [6.45, 7) is 7.96. The van der Waals surface area contributed by atoms with Crippen molar-refractivity contribution in [1.82, 2.24) is 5.32 Å². The van der Waals surface area contributed by atoms with Crippen LogP contribution in [0.4, 0.5) is 0 Å². The standard InChI is InChI=1S/C7H15N.C5H5.5CH3.Hf/c1-3-5-6-7-8-4-2;1-2-4-5-3-1;;;;;;/h3,8H,1,4-7H2,2H3;1-3H,4H2;5*1H3;. The molecule has 1 nitrogen and oxygen atoms in total. The quantitative estimate of drug-likeness (QED) is 0.315. The Labute approximate surface area is 119 Å². The first-order valence-electron chi connectivity index (χ1n) is 7.70. The van der Waals surface area contributed by atoms with E-state index in [4.69, 9.17) is 0 Å². The van der Waals surface area contributed by atoms with Gasteiger partial charge in [0.25, 0.3) is 0 Å². The Morgan fingerprint density at radius 3 is 2.21 bits per heavy atom. The maximum atomic E-state index is 3.63. The molecular weight excluding hydrogens is 397 g/mol. The van der Waals surface area contributed by atoms with Crippen molar-refractivity contribution in [2.45, 2.75) is 49.6 Å². The fraction of sp³-hybridized carbons (Fsp3) is 0.647. The minimum absolute atomic E-state index is 1.08. The third-order valence-corrected chi connectivity index (χ3v) is 16.3. The van der Waals surface area contributed by atoms with Crippen LogP contribution in [-0.4, -0.2) is 13.1 Å². The summed E-state index contributed by atoms with van der Waals surface area (Å²) in [4.78, 5) is 0. The molecule has 0 aromatic heterocycles. The molecule has 19 heavy (non-hydrogen) atoms. The second kappa shape index (κ2) is 6.67. The van der Waals surface area contributed by atoms with Crippen molar-refractivity contribution in [2.75, 3.05) is 13.1 Å². The Kier molecular flexibility index (Phi) is 6.69. The molecule has 1 aliphatic rings. The van der Waals surface area contributed by atoms with E-state index in [-0.39, 0.29) is 0 Å². The molecule has 2 heteroatoms. The molecule has 0 heterocycles. The SMILES string of the molecule is C=CCCCNCC.[CH3][Hf]([CH3])([CH3])([CH3])([CH3])[C]1=CC=CC1. The average molecular weight is 432 g/mol. The number of hydrogen-bond donors (Lipinski definition) is 1. The molecule has 0 saturated heterocycles. The van der Waals surface area contributed by atoms with Gasteiger partial charge in [-0.3, -0.25) is 0 Å². The molecule has 0 fully saturated rings. The van der Waals surface area contributed by atoms with E-state index >= 15 is 0 Å². The van der Waals surface area contributed by atoms with Crippen molar-refractivity contribution < 1.29 is 17.0 Å². The van der Waals surface area contributed by atoms with Crippen LogP contribution in [0.5, 0.6) is 0 Å². The molecule has 0 amide bonds. The van der Waals surface area contributed by atoms with Crippen LogP contribution in [0.1, 0.15) is 26.2 Å². The van der Waals surface area contributed by atoms with Gasteiger partial charge < -0.3 is 5.32 Å². The Balaban J connectivity index is 0.000000362. The van der Waals surface area contributed by atoms with Gasteiger partial charge in [0.15, 0.2) is 0 Å². The van der Waals surface area contributed by atoms with E-state index in [0.29, 0.717) is 0 Å². The van der Waals surface area contributed by atoms with Gasteiger partial charge in [-0.05, 0) is 25.9 Å². The maximum absolute atomic E-state index is 3.63. The van der Waals surface area contributed by atoms with Crippen LogP contribution >= 0.6 is 0 Å². The van der Waals surface area contributed by atoms with Crippen LogP contribution in [0, 0.1) is 0 Å². The van der Waals surface area contributed by atoms with Crippen LogP contribution in [-0.2, 0) is 17.0 Å². The Bertz CT molecular complexity index is 340. The van der Waals surface area contributed by atoms with Gasteiger partial charge in [-0.2, -0.15) is 0 Å². The topological polar surface area (TPSA) is 12.0 Å². The van der Waals surface area contributed by atoms with Crippen molar-refractivity contribution in [3.63, 3.8) is 0 Å². The zero-order chi connectivity index (χ0) is 15.1. The van der Waals surface area contributed by atoms with E-state index in [1.54, 1.807) is 3.33 Å². The third kappa shape index (κ3) is 9.56. The predicted octanol–water partition coefficient (Wildman–Crippen LogP) is 5.86. The first kappa shape index (κ1) is 19.1. The monoisotopic (exact) mass is 433 g/mol. The summed E-state index contributed by atoms with van der Waals surface area (Å²) < 4.78 is 14.3. The number of unbranched alkanes of at least 4 members (excludes halogenated alkanes) is 1. The van der Waals surface area contributed by atoms with Gasteiger partial charge in [-0.25, -0.2) is 0 Å². The zero-order valence-electron chi connectivity index (χ0n) is 14.1. The molecule has 0 bridgehead atoms. The van der Waals surface area contributed by atoms with Crippen molar-refractivity contribution >= 4 is 0 Å². The molecule has 112 valence electrons. The van der Waals surface area contributed by atoms with E-state index in [2.05, 4.69) is 60.4 Å². The fourth-order valence-electron chi connectivity index (χ4n) is 1.92. The molecule has 0 atom stereocenters. The molecule has 1 rings (SSSR count). The molecule has 0 aromatic rings. The van der Waals surface area contributed by atoms with Gasteiger partial charge in [-0.15, -0.1) is 6.58 Å². The first-order valence-corrected chi connectivity index (χ1v) is 27.5. The zero-order valence-corrected chi connectivity index (χ0v) is 17.6. The van der Waals surface area contributed by atoms with Crippen LogP contribution in [0.2, 0.25) is 23.4 Å². The van der Waals surface area contributed by atoms with Crippen molar-refractivity contribution in [3.05, 3.63) is 34.2 Å². The number of nitrogens with one attached hydrogen (secondary N) is 1. The van der Waals surface area contributed by atoms with Crippen molar-refractivity contribution in [1.29, 1.82) is 0 Å². The molecule has 1 aliphatic carbocycles. The normalized spacial score (nSPS) is 17.9. The van der Waals surface area contributed by atoms with Gasteiger partial charge in [0.05, 0.1) is 0 Å². The Morgan fingerprint density at radius 1 is 1.26 bits per heavy atom. The van der Waals surface area contributed by atoms with E-state index in [1.807, 2.05) is 6.08 Å². The summed E-state index contributed by atoms with van der Waals surface area (Å²) in [5.41, 5.74) is 0. The number of rotatable bonds is 6. The van der Waals surface area contributed by atoms with Gasteiger partial charge in [0, 0.05) is 0 Å². The van der Waals surface area contributed by atoms with Crippen molar-refractivity contribution in [3.8, 4) is 0 Å². The molecule has 0 spiro atoms. The summed E-state index contributed by atoms with van der Waals surface area (Å²) in [7, 11) is 0. The summed E-state index contributed by atoms with van der Waals surface area (Å²) in [5, 5.41) is 3.24. The third-order valence-electron chi connectivity index (χ3n) is 3.39. The van der Waals surface area contributed by atoms with Gasteiger partial charge in [0.2, 0.25) is 0 Å². The number of allylic oxidation sites excluding steroid dienone is 5. The average Bonchev–Trinajstić information content (AvgIpc) is 2.77. The summed E-state index contributed by atoms with van der Waals surface area (Å²) in [6, 6.07) is 0. The molecule has 0 aromatic carbocycles. The van der Waals surface area contributed by atoms with Crippen LogP contribution in [0.25, 0.3) is 0 Å². The van der Waals surface area contributed by atoms with E-state index in [1.165, 1.54) is 12.8 Å². The molecular formula is C17H35HfN. The fourth-order valence-corrected chi connectivity index (χ4v) is 9.35. The molecule has 1 N–H and O–H groups in total. The summed E-state index contributed by atoms with van der Waals surface area (Å²) >= 11 is -2.87. The van der Waals surface area contributed by atoms with E-state index in [0.717, 1.165) is 19.5 Å². The Hall–Kier alpha value is 0.0501. The van der Waals surface area contributed by atoms with Crippen LogP contribution in [0.3, 0.4) is 0 Å². The second-order valence-corrected chi connectivity index (χ2v) is 56.6. The van der Waals surface area contributed by atoms with Gasteiger partial charge >= 0.3 is 68.4 Å². The van der Waals surface area contributed by atoms with E-state index in [9.17, 15) is 0 Å². The van der Waals surface area contributed by atoms with Gasteiger partial charge in [0.1, 0.15) is 0 Å². The molecule has 0 radical (unpaired) electrons. The van der Waals surface area contributed by atoms with Crippen molar-refractivity contribution in [2.24, 2.45) is 0 Å². The second-order valence-electron chi connectivity index (χ2n) is 9.36. The number of hydrogen-bond acceptors (Lipinski definition) is 1. The molecule has 0 aliphatic heterocycles. The molecule has 0 saturated carbocycles. The van der Waals surface area contributed by atoms with Gasteiger partial charge in [-0.1, -0.05) is 13.0 Å². The molecule has 0 unspecified atom stereocenters. The predicted molar refractivity (Wildman–Crippen MR) is 89.1 cm³/mol. The van der Waals surface area contributed by atoms with E-state index < -0.39 is 17.0 Å². The summed E-state index contributed by atoms with van der Waals surface area (Å²) in [6.07, 6.45) is 12.3. The minimum atomic E-state index is -2.87. The van der Waals surface area contributed by atoms with Crippen LogP contribution in [0.15, 0.2) is 34.2 Å².